The molecule has 0 spiro atoms. The van der Waals surface area contributed by atoms with Crippen LogP contribution < -0.4 is 5.73 Å². The Morgan fingerprint density at radius 1 is 1.56 bits per heavy atom. The molecular formula is C11H16N4S. The van der Waals surface area contributed by atoms with Gasteiger partial charge < -0.3 is 5.73 Å². The zero-order valence-electron chi connectivity index (χ0n) is 9.34. The highest BCUT2D eigenvalue weighted by Gasteiger charge is 2.03. The fraction of sp³-hybridized carbons (Fsp3) is 0.455. The average Bonchev–Trinajstić information content (AvgIpc) is 2.71. The number of aromatic nitrogens is 3. The van der Waals surface area contributed by atoms with E-state index in [1.54, 1.807) is 6.20 Å². The minimum absolute atomic E-state index is 0.570. The monoisotopic (exact) mass is 236 g/mol. The normalized spacial score (nSPS) is 13.1. The summed E-state index contributed by atoms with van der Waals surface area (Å²) in [4.78, 5) is 8.62. The van der Waals surface area contributed by atoms with Crippen molar-refractivity contribution in [2.75, 3.05) is 12.3 Å². The first-order chi connectivity index (χ1) is 7.79. The van der Waals surface area contributed by atoms with E-state index in [-0.39, 0.29) is 0 Å². The fourth-order valence-electron chi connectivity index (χ4n) is 1.38. The smallest absolute Gasteiger partial charge is 0.233 e. The second-order valence-electron chi connectivity index (χ2n) is 3.92. The Hall–Kier alpha value is -1.07. The van der Waals surface area contributed by atoms with Crippen LogP contribution in [0.3, 0.4) is 0 Å². The van der Waals surface area contributed by atoms with Crippen molar-refractivity contribution in [3.8, 4) is 0 Å². The first-order valence-corrected chi connectivity index (χ1v) is 6.51. The third kappa shape index (κ3) is 2.74. The largest absolute Gasteiger partial charge is 0.330 e. The number of rotatable bonds is 5. The molecule has 2 heterocycles. The van der Waals surface area contributed by atoms with Gasteiger partial charge in [-0.1, -0.05) is 6.92 Å². The fourth-order valence-corrected chi connectivity index (χ4v) is 2.39. The second-order valence-corrected chi connectivity index (χ2v) is 4.95. The Morgan fingerprint density at radius 2 is 2.44 bits per heavy atom. The minimum Gasteiger partial charge on any atom is -0.330 e. The molecule has 0 radical (unpaired) electrons. The van der Waals surface area contributed by atoms with E-state index in [0.717, 1.165) is 29.5 Å². The quantitative estimate of drug-likeness (QED) is 0.856. The molecule has 2 rings (SSSR count). The summed E-state index contributed by atoms with van der Waals surface area (Å²) in [5.41, 5.74) is 6.65. The maximum Gasteiger partial charge on any atom is 0.233 e. The van der Waals surface area contributed by atoms with E-state index in [1.165, 1.54) is 0 Å². The molecule has 0 saturated heterocycles. The van der Waals surface area contributed by atoms with Crippen LogP contribution in [0.4, 0.5) is 0 Å². The highest BCUT2D eigenvalue weighted by Crippen LogP contribution is 2.14. The standard InChI is InChI=1S/C11H16N4S/c1-9(5-12)7-16-8-10-6-15-4-2-3-13-11(15)14-10/h2-4,6,9H,5,7-8,12H2,1H3. The van der Waals surface area contributed by atoms with Crippen LogP contribution >= 0.6 is 11.8 Å². The summed E-state index contributed by atoms with van der Waals surface area (Å²) in [6, 6.07) is 1.90. The van der Waals surface area contributed by atoms with E-state index >= 15 is 0 Å². The first kappa shape index (κ1) is 11.4. The van der Waals surface area contributed by atoms with Crippen LogP contribution in [-0.4, -0.2) is 26.7 Å². The highest BCUT2D eigenvalue weighted by atomic mass is 32.2. The van der Waals surface area contributed by atoms with Crippen molar-refractivity contribution >= 4 is 17.5 Å². The lowest BCUT2D eigenvalue weighted by Crippen LogP contribution is -2.12. The van der Waals surface area contributed by atoms with Gasteiger partial charge in [-0.2, -0.15) is 11.8 Å². The molecule has 0 aliphatic heterocycles. The van der Waals surface area contributed by atoms with Crippen molar-refractivity contribution in [1.29, 1.82) is 0 Å². The van der Waals surface area contributed by atoms with E-state index in [1.807, 2.05) is 34.6 Å². The topological polar surface area (TPSA) is 56.2 Å². The van der Waals surface area contributed by atoms with Crippen molar-refractivity contribution in [2.24, 2.45) is 11.7 Å². The molecule has 0 saturated carbocycles. The van der Waals surface area contributed by atoms with Gasteiger partial charge in [0.2, 0.25) is 5.78 Å². The summed E-state index contributed by atoms with van der Waals surface area (Å²) in [5, 5.41) is 0. The van der Waals surface area contributed by atoms with E-state index < -0.39 is 0 Å². The molecule has 5 heteroatoms. The molecule has 1 atom stereocenters. The Kier molecular flexibility index (Phi) is 3.79. The molecule has 2 N–H and O–H groups in total. The van der Waals surface area contributed by atoms with Crippen LogP contribution in [0.5, 0.6) is 0 Å². The van der Waals surface area contributed by atoms with E-state index in [4.69, 9.17) is 5.73 Å². The van der Waals surface area contributed by atoms with Gasteiger partial charge in [-0.05, 0) is 24.3 Å². The molecule has 2 aromatic rings. The molecule has 86 valence electrons. The number of thioether (sulfide) groups is 1. The predicted octanol–water partition coefficient (Wildman–Crippen LogP) is 1.56. The molecule has 0 fully saturated rings. The molecule has 0 bridgehead atoms. The van der Waals surface area contributed by atoms with E-state index in [2.05, 4.69) is 16.9 Å². The number of fused-ring (bicyclic) bond motifs is 1. The van der Waals surface area contributed by atoms with Crippen molar-refractivity contribution in [3.63, 3.8) is 0 Å². The first-order valence-electron chi connectivity index (χ1n) is 5.36. The summed E-state index contributed by atoms with van der Waals surface area (Å²) >= 11 is 1.87. The van der Waals surface area contributed by atoms with Crippen molar-refractivity contribution in [3.05, 3.63) is 30.4 Å². The summed E-state index contributed by atoms with van der Waals surface area (Å²) in [6.07, 6.45) is 5.75. The van der Waals surface area contributed by atoms with Gasteiger partial charge in [0.25, 0.3) is 0 Å². The van der Waals surface area contributed by atoms with E-state index in [0.29, 0.717) is 5.92 Å². The molecular weight excluding hydrogens is 220 g/mol. The van der Waals surface area contributed by atoms with Gasteiger partial charge in [-0.3, -0.25) is 4.40 Å². The van der Waals surface area contributed by atoms with Gasteiger partial charge >= 0.3 is 0 Å². The average molecular weight is 236 g/mol. The summed E-state index contributed by atoms with van der Waals surface area (Å²) in [7, 11) is 0. The summed E-state index contributed by atoms with van der Waals surface area (Å²) < 4.78 is 1.95. The van der Waals surface area contributed by atoms with Gasteiger partial charge in [0.15, 0.2) is 0 Å². The van der Waals surface area contributed by atoms with Crippen LogP contribution in [0.15, 0.2) is 24.7 Å². The van der Waals surface area contributed by atoms with Crippen LogP contribution in [0.25, 0.3) is 5.78 Å². The Morgan fingerprint density at radius 3 is 3.19 bits per heavy atom. The second kappa shape index (κ2) is 5.32. The molecule has 4 nitrogen and oxygen atoms in total. The predicted molar refractivity (Wildman–Crippen MR) is 67.4 cm³/mol. The zero-order chi connectivity index (χ0) is 11.4. The summed E-state index contributed by atoms with van der Waals surface area (Å²) in [6.45, 7) is 2.91. The van der Waals surface area contributed by atoms with Gasteiger partial charge in [-0.15, -0.1) is 0 Å². The lowest BCUT2D eigenvalue weighted by atomic mass is 10.2. The molecule has 0 amide bonds. The molecule has 1 unspecified atom stereocenters. The van der Waals surface area contributed by atoms with Crippen molar-refractivity contribution in [2.45, 2.75) is 12.7 Å². The van der Waals surface area contributed by atoms with Crippen molar-refractivity contribution < 1.29 is 0 Å². The Labute approximate surface area is 99.3 Å². The molecule has 0 aromatic carbocycles. The Bertz CT molecular complexity index is 421. The maximum atomic E-state index is 5.57. The minimum atomic E-state index is 0.570. The van der Waals surface area contributed by atoms with E-state index in [9.17, 15) is 0 Å². The Balaban J connectivity index is 1.94. The number of nitrogens with two attached hydrogens (primary N) is 1. The zero-order valence-corrected chi connectivity index (χ0v) is 10.2. The maximum absolute atomic E-state index is 5.57. The lowest BCUT2D eigenvalue weighted by molar-refractivity contribution is 0.675. The van der Waals surface area contributed by atoms with Crippen LogP contribution in [-0.2, 0) is 5.75 Å². The lowest BCUT2D eigenvalue weighted by Gasteiger charge is -2.05. The van der Waals surface area contributed by atoms with Gasteiger partial charge in [0, 0.05) is 24.3 Å². The SMILES string of the molecule is CC(CN)CSCc1cn2cccnc2n1. The molecule has 0 aliphatic carbocycles. The molecule has 2 aromatic heterocycles. The van der Waals surface area contributed by atoms with Crippen LogP contribution in [0, 0.1) is 5.92 Å². The number of imidazole rings is 1. The van der Waals surface area contributed by atoms with Crippen LogP contribution in [0.1, 0.15) is 12.6 Å². The third-order valence-corrected chi connectivity index (χ3v) is 3.64. The van der Waals surface area contributed by atoms with Gasteiger partial charge in [0.05, 0.1) is 5.69 Å². The molecule has 0 aliphatic rings. The number of nitrogens with zero attached hydrogens (tertiary/aromatic N) is 3. The summed E-state index contributed by atoms with van der Waals surface area (Å²) in [5.74, 6) is 3.34. The number of hydrogen-bond donors (Lipinski definition) is 1. The molecule has 16 heavy (non-hydrogen) atoms. The third-order valence-electron chi connectivity index (χ3n) is 2.34. The van der Waals surface area contributed by atoms with Gasteiger partial charge in [-0.25, -0.2) is 9.97 Å². The number of hydrogen-bond acceptors (Lipinski definition) is 4. The van der Waals surface area contributed by atoms with Gasteiger partial charge in [0.1, 0.15) is 0 Å². The highest BCUT2D eigenvalue weighted by molar-refractivity contribution is 7.98. The van der Waals surface area contributed by atoms with Crippen molar-refractivity contribution in [1.82, 2.24) is 14.4 Å². The van der Waals surface area contributed by atoms with Crippen LogP contribution in [0.2, 0.25) is 0 Å².